The van der Waals surface area contributed by atoms with Crippen LogP contribution >= 0.6 is 11.3 Å². The second-order valence-electron chi connectivity index (χ2n) is 7.25. The van der Waals surface area contributed by atoms with E-state index in [9.17, 15) is 14.0 Å². The molecule has 3 aromatic rings. The molecule has 0 saturated carbocycles. The monoisotopic (exact) mass is 427 g/mol. The first-order valence-electron chi connectivity index (χ1n) is 10.00. The highest BCUT2D eigenvalue weighted by atomic mass is 32.1. The van der Waals surface area contributed by atoms with Crippen molar-refractivity contribution < 1.29 is 18.4 Å². The Morgan fingerprint density at radius 2 is 1.90 bits per heavy atom. The van der Waals surface area contributed by atoms with Gasteiger partial charge in [-0.1, -0.05) is 6.42 Å². The van der Waals surface area contributed by atoms with Crippen LogP contribution in [0.4, 0.5) is 4.39 Å². The Balaban J connectivity index is 1.25. The normalized spacial score (nSPS) is 13.4. The number of halogens is 1. The van der Waals surface area contributed by atoms with Crippen LogP contribution in [0.5, 0.6) is 0 Å². The maximum atomic E-state index is 13.0. The summed E-state index contributed by atoms with van der Waals surface area (Å²) in [6.07, 6.45) is 7.54. The molecule has 0 bridgehead atoms. The van der Waals surface area contributed by atoms with Crippen molar-refractivity contribution in [3.8, 4) is 11.3 Å². The van der Waals surface area contributed by atoms with Gasteiger partial charge in [0, 0.05) is 23.3 Å². The minimum absolute atomic E-state index is 0.116. The lowest BCUT2D eigenvalue weighted by molar-refractivity contribution is -0.121. The molecule has 2 aromatic heterocycles. The smallest absolute Gasteiger partial charge is 0.279 e. The van der Waals surface area contributed by atoms with E-state index in [2.05, 4.69) is 15.8 Å². The summed E-state index contributed by atoms with van der Waals surface area (Å²) in [4.78, 5) is 30.5. The number of hydrogen-bond acceptors (Lipinski definition) is 5. The average molecular weight is 428 g/mol. The molecule has 2 heterocycles. The molecule has 1 aliphatic rings. The van der Waals surface area contributed by atoms with Crippen LogP contribution in [-0.4, -0.2) is 16.8 Å². The van der Waals surface area contributed by atoms with Crippen molar-refractivity contribution >= 4 is 23.2 Å². The van der Waals surface area contributed by atoms with Crippen LogP contribution in [0.2, 0.25) is 0 Å². The molecule has 0 spiro atoms. The summed E-state index contributed by atoms with van der Waals surface area (Å²) in [6, 6.07) is 7.84. The van der Waals surface area contributed by atoms with Gasteiger partial charge in [-0.2, -0.15) is 0 Å². The van der Waals surface area contributed by atoms with Crippen LogP contribution in [0, 0.1) is 5.82 Å². The first-order chi connectivity index (χ1) is 14.6. The molecule has 0 saturated heterocycles. The van der Waals surface area contributed by atoms with Crippen LogP contribution in [0.3, 0.4) is 0 Å². The molecule has 8 heteroatoms. The van der Waals surface area contributed by atoms with E-state index in [0.29, 0.717) is 22.1 Å². The SMILES string of the molecule is O=C(CCc1ncc(-c2ccc(F)cc2)o1)NNC(=O)c1cc2c(s1)CCCCC2. The zero-order chi connectivity index (χ0) is 20.9. The molecule has 0 unspecified atom stereocenters. The van der Waals surface area contributed by atoms with Crippen molar-refractivity contribution in [2.24, 2.45) is 0 Å². The van der Waals surface area contributed by atoms with Gasteiger partial charge in [-0.25, -0.2) is 9.37 Å². The number of hydrazine groups is 1. The average Bonchev–Trinajstić information content (AvgIpc) is 3.33. The van der Waals surface area contributed by atoms with Crippen LogP contribution in [0.1, 0.15) is 51.7 Å². The first kappa shape index (κ1) is 20.3. The van der Waals surface area contributed by atoms with E-state index in [4.69, 9.17) is 4.42 Å². The number of aryl methyl sites for hydroxylation is 3. The van der Waals surface area contributed by atoms with E-state index in [1.165, 1.54) is 40.3 Å². The van der Waals surface area contributed by atoms with Gasteiger partial charge < -0.3 is 4.42 Å². The van der Waals surface area contributed by atoms with Crippen molar-refractivity contribution in [2.75, 3.05) is 0 Å². The van der Waals surface area contributed by atoms with Gasteiger partial charge in [0.2, 0.25) is 5.91 Å². The minimum atomic E-state index is -0.331. The number of carbonyl (C=O) groups excluding carboxylic acids is 2. The summed E-state index contributed by atoms with van der Waals surface area (Å²) in [7, 11) is 0. The Morgan fingerprint density at radius 1 is 1.10 bits per heavy atom. The fourth-order valence-corrected chi connectivity index (χ4v) is 4.57. The van der Waals surface area contributed by atoms with E-state index < -0.39 is 0 Å². The largest absolute Gasteiger partial charge is 0.441 e. The van der Waals surface area contributed by atoms with Crippen molar-refractivity contribution in [3.63, 3.8) is 0 Å². The van der Waals surface area contributed by atoms with E-state index in [-0.39, 0.29) is 30.5 Å². The van der Waals surface area contributed by atoms with E-state index in [0.717, 1.165) is 25.7 Å². The molecule has 2 amide bonds. The number of oxazole rings is 1. The van der Waals surface area contributed by atoms with Crippen LogP contribution < -0.4 is 10.9 Å². The van der Waals surface area contributed by atoms with Crippen molar-refractivity contribution in [2.45, 2.75) is 44.9 Å². The lowest BCUT2D eigenvalue weighted by Gasteiger charge is -2.05. The highest BCUT2D eigenvalue weighted by Crippen LogP contribution is 2.28. The molecule has 2 N–H and O–H groups in total. The topological polar surface area (TPSA) is 84.2 Å². The molecule has 1 aromatic carbocycles. The molecule has 0 atom stereocenters. The van der Waals surface area contributed by atoms with Crippen molar-refractivity contribution in [3.05, 3.63) is 63.6 Å². The summed E-state index contributed by atoms with van der Waals surface area (Å²) in [5.41, 5.74) is 6.90. The number of rotatable bonds is 5. The Kier molecular flexibility index (Phi) is 6.23. The van der Waals surface area contributed by atoms with Crippen molar-refractivity contribution in [1.82, 2.24) is 15.8 Å². The number of carbonyl (C=O) groups is 2. The third kappa shape index (κ3) is 4.94. The predicted molar refractivity (Wildman–Crippen MR) is 111 cm³/mol. The Labute approximate surface area is 177 Å². The molecule has 156 valence electrons. The van der Waals surface area contributed by atoms with Crippen LogP contribution in [-0.2, 0) is 24.1 Å². The van der Waals surface area contributed by atoms with Crippen LogP contribution in [0.15, 0.2) is 40.9 Å². The van der Waals surface area contributed by atoms with Gasteiger partial charge >= 0.3 is 0 Å². The minimum Gasteiger partial charge on any atom is -0.441 e. The van der Waals surface area contributed by atoms with Crippen LogP contribution in [0.25, 0.3) is 11.3 Å². The lowest BCUT2D eigenvalue weighted by Crippen LogP contribution is -2.41. The quantitative estimate of drug-likeness (QED) is 0.472. The highest BCUT2D eigenvalue weighted by Gasteiger charge is 2.17. The van der Waals surface area contributed by atoms with E-state index in [1.54, 1.807) is 18.3 Å². The fourth-order valence-electron chi connectivity index (χ4n) is 3.42. The molecular weight excluding hydrogens is 405 g/mol. The van der Waals surface area contributed by atoms with Gasteiger partial charge in [-0.3, -0.25) is 20.4 Å². The van der Waals surface area contributed by atoms with Gasteiger partial charge in [0.15, 0.2) is 11.7 Å². The number of nitrogens with one attached hydrogen (secondary N) is 2. The molecule has 30 heavy (non-hydrogen) atoms. The van der Waals surface area contributed by atoms with E-state index in [1.807, 2.05) is 6.07 Å². The Bertz CT molecular complexity index is 1020. The second-order valence-corrected chi connectivity index (χ2v) is 8.38. The molecule has 0 fully saturated rings. The summed E-state index contributed by atoms with van der Waals surface area (Å²) in [5.74, 6) is -0.0384. The second kappa shape index (κ2) is 9.21. The number of aromatic nitrogens is 1. The number of benzene rings is 1. The van der Waals surface area contributed by atoms with Gasteiger partial charge in [0.05, 0.1) is 11.1 Å². The van der Waals surface area contributed by atoms with Gasteiger partial charge in [-0.05, 0) is 61.6 Å². The Hall–Kier alpha value is -3.00. The van der Waals surface area contributed by atoms with E-state index >= 15 is 0 Å². The third-order valence-electron chi connectivity index (χ3n) is 5.03. The van der Waals surface area contributed by atoms with Gasteiger partial charge in [-0.15, -0.1) is 11.3 Å². The number of hydrogen-bond donors (Lipinski definition) is 2. The van der Waals surface area contributed by atoms with Crippen molar-refractivity contribution in [1.29, 1.82) is 0 Å². The maximum Gasteiger partial charge on any atom is 0.279 e. The first-order valence-corrected chi connectivity index (χ1v) is 10.8. The maximum absolute atomic E-state index is 13.0. The molecule has 4 rings (SSSR count). The lowest BCUT2D eigenvalue weighted by atomic mass is 10.1. The number of fused-ring (bicyclic) bond motifs is 1. The summed E-state index contributed by atoms with van der Waals surface area (Å²) in [6.45, 7) is 0. The number of thiophene rings is 1. The molecule has 0 aliphatic heterocycles. The fraction of sp³-hybridized carbons (Fsp3) is 0.318. The molecule has 1 aliphatic carbocycles. The molecule has 0 radical (unpaired) electrons. The van der Waals surface area contributed by atoms with Gasteiger partial charge in [0.25, 0.3) is 5.91 Å². The highest BCUT2D eigenvalue weighted by molar-refractivity contribution is 7.14. The zero-order valence-corrected chi connectivity index (χ0v) is 17.2. The number of nitrogens with zero attached hydrogens (tertiary/aromatic N) is 1. The van der Waals surface area contributed by atoms with Gasteiger partial charge in [0.1, 0.15) is 5.82 Å². The third-order valence-corrected chi connectivity index (χ3v) is 6.27. The number of amides is 2. The zero-order valence-electron chi connectivity index (χ0n) is 16.4. The summed E-state index contributed by atoms with van der Waals surface area (Å²) >= 11 is 1.51. The molecular formula is C22H22FN3O3S. The summed E-state index contributed by atoms with van der Waals surface area (Å²) < 4.78 is 18.6. The predicted octanol–water partition coefficient (Wildman–Crippen LogP) is 4.20. The standard InChI is InChI=1S/C22H22FN3O3S/c23-16-8-6-14(7-9-16)17-13-24-21(29-17)11-10-20(27)25-26-22(28)19-12-15-4-2-1-3-5-18(15)30-19/h6-9,12-13H,1-5,10-11H2,(H,25,27)(H,26,28). The molecule has 6 nitrogen and oxygen atoms in total. The Morgan fingerprint density at radius 3 is 2.73 bits per heavy atom. The summed E-state index contributed by atoms with van der Waals surface area (Å²) in [5, 5.41) is 0.